The van der Waals surface area contributed by atoms with E-state index in [0.29, 0.717) is 0 Å². The van der Waals surface area contributed by atoms with E-state index in [1.165, 1.54) is 25.7 Å². The molecule has 0 radical (unpaired) electrons. The van der Waals surface area contributed by atoms with E-state index < -0.39 is 6.17 Å². The van der Waals surface area contributed by atoms with Crippen molar-refractivity contribution in [1.29, 1.82) is 0 Å². The Morgan fingerprint density at radius 3 is 2.00 bits per heavy atom. The van der Waals surface area contributed by atoms with E-state index >= 15 is 0 Å². The molecule has 1 aliphatic heterocycles. The normalized spacial score (nSPS) is 34.5. The lowest BCUT2D eigenvalue weighted by molar-refractivity contribution is 0.0756. The number of halogens is 1. The van der Waals surface area contributed by atoms with Crippen LogP contribution >= 0.6 is 0 Å². The van der Waals surface area contributed by atoms with Crippen molar-refractivity contribution in [3.8, 4) is 0 Å². The second-order valence-electron chi connectivity index (χ2n) is 6.02. The molecule has 94 valence electrons. The van der Waals surface area contributed by atoms with Crippen LogP contribution in [0, 0.1) is 11.8 Å². The van der Waals surface area contributed by atoms with Gasteiger partial charge in [0.2, 0.25) is 0 Å². The SMILES string of the molecule is CC(C)C1CCC(N2CCC(F)CC2)CC1. The van der Waals surface area contributed by atoms with Crippen LogP contribution in [0.3, 0.4) is 0 Å². The van der Waals surface area contributed by atoms with Crippen molar-refractivity contribution >= 4 is 0 Å². The van der Waals surface area contributed by atoms with Crippen LogP contribution < -0.4 is 0 Å². The molecule has 2 heteroatoms. The maximum atomic E-state index is 13.1. The fourth-order valence-corrected chi connectivity index (χ4v) is 3.37. The first-order valence-corrected chi connectivity index (χ1v) is 7.05. The molecular formula is C14H26FN. The molecule has 2 fully saturated rings. The van der Waals surface area contributed by atoms with Crippen molar-refractivity contribution in [3.05, 3.63) is 0 Å². The molecule has 0 unspecified atom stereocenters. The van der Waals surface area contributed by atoms with E-state index in [1.807, 2.05) is 0 Å². The molecule has 1 heterocycles. The van der Waals surface area contributed by atoms with Gasteiger partial charge in [-0.3, -0.25) is 0 Å². The van der Waals surface area contributed by atoms with Crippen LogP contribution in [0.2, 0.25) is 0 Å². The van der Waals surface area contributed by atoms with Gasteiger partial charge in [-0.25, -0.2) is 4.39 Å². The van der Waals surface area contributed by atoms with Crippen LogP contribution in [-0.2, 0) is 0 Å². The first kappa shape index (κ1) is 12.3. The topological polar surface area (TPSA) is 3.24 Å². The molecule has 16 heavy (non-hydrogen) atoms. The zero-order valence-electron chi connectivity index (χ0n) is 10.8. The third kappa shape index (κ3) is 2.97. The number of nitrogens with zero attached hydrogens (tertiary/aromatic N) is 1. The number of likely N-dealkylation sites (tertiary alicyclic amines) is 1. The van der Waals surface area contributed by atoms with Crippen molar-refractivity contribution in [2.75, 3.05) is 13.1 Å². The quantitative estimate of drug-likeness (QED) is 0.696. The summed E-state index contributed by atoms with van der Waals surface area (Å²) in [6, 6.07) is 0.766. The predicted octanol–water partition coefficient (Wildman–Crippen LogP) is 3.64. The Balaban J connectivity index is 1.76. The first-order chi connectivity index (χ1) is 7.66. The standard InChI is InChI=1S/C14H26FN/c1-11(2)12-3-5-14(6-4-12)16-9-7-13(15)8-10-16/h11-14H,3-10H2,1-2H3. The van der Waals surface area contributed by atoms with Crippen LogP contribution in [0.15, 0.2) is 0 Å². The van der Waals surface area contributed by atoms with E-state index in [0.717, 1.165) is 43.8 Å². The van der Waals surface area contributed by atoms with Crippen molar-refractivity contribution in [2.45, 2.75) is 64.6 Å². The Bertz CT molecular complexity index is 201. The molecule has 0 atom stereocenters. The van der Waals surface area contributed by atoms with E-state index in [9.17, 15) is 4.39 Å². The lowest BCUT2D eigenvalue weighted by Crippen LogP contribution is -2.43. The van der Waals surface area contributed by atoms with Crippen LogP contribution in [0.1, 0.15) is 52.4 Å². The molecule has 1 saturated heterocycles. The second-order valence-corrected chi connectivity index (χ2v) is 6.02. The summed E-state index contributed by atoms with van der Waals surface area (Å²) in [7, 11) is 0. The zero-order valence-corrected chi connectivity index (χ0v) is 10.8. The van der Waals surface area contributed by atoms with Gasteiger partial charge in [-0.05, 0) is 50.4 Å². The molecule has 0 N–H and O–H groups in total. The van der Waals surface area contributed by atoms with Crippen molar-refractivity contribution in [2.24, 2.45) is 11.8 Å². The Morgan fingerprint density at radius 1 is 0.938 bits per heavy atom. The average molecular weight is 227 g/mol. The van der Waals surface area contributed by atoms with Gasteiger partial charge in [-0.2, -0.15) is 0 Å². The van der Waals surface area contributed by atoms with Gasteiger partial charge >= 0.3 is 0 Å². The molecule has 0 aromatic rings. The molecule has 2 rings (SSSR count). The van der Waals surface area contributed by atoms with Gasteiger partial charge in [0, 0.05) is 19.1 Å². The highest BCUT2D eigenvalue weighted by Gasteiger charge is 2.29. The molecule has 0 spiro atoms. The summed E-state index contributed by atoms with van der Waals surface area (Å²) < 4.78 is 13.1. The third-order valence-corrected chi connectivity index (χ3v) is 4.66. The van der Waals surface area contributed by atoms with Gasteiger partial charge < -0.3 is 4.90 Å². The molecule has 1 nitrogen and oxygen atoms in total. The Kier molecular flexibility index (Phi) is 4.23. The van der Waals surface area contributed by atoms with Crippen LogP contribution in [0.4, 0.5) is 4.39 Å². The van der Waals surface area contributed by atoms with Crippen LogP contribution in [0.25, 0.3) is 0 Å². The molecule has 0 aromatic heterocycles. The van der Waals surface area contributed by atoms with E-state index in [4.69, 9.17) is 0 Å². The van der Waals surface area contributed by atoms with E-state index in [-0.39, 0.29) is 0 Å². The highest BCUT2D eigenvalue weighted by atomic mass is 19.1. The summed E-state index contributed by atoms with van der Waals surface area (Å²) in [5.41, 5.74) is 0. The third-order valence-electron chi connectivity index (χ3n) is 4.66. The minimum atomic E-state index is -0.525. The predicted molar refractivity (Wildman–Crippen MR) is 66.3 cm³/mol. The minimum Gasteiger partial charge on any atom is -0.300 e. The number of hydrogen-bond acceptors (Lipinski definition) is 1. The maximum Gasteiger partial charge on any atom is 0.103 e. The van der Waals surface area contributed by atoms with Crippen molar-refractivity contribution in [1.82, 2.24) is 4.90 Å². The highest BCUT2D eigenvalue weighted by Crippen LogP contribution is 2.33. The van der Waals surface area contributed by atoms with Crippen LogP contribution in [0.5, 0.6) is 0 Å². The van der Waals surface area contributed by atoms with E-state index in [2.05, 4.69) is 18.7 Å². The molecule has 1 aliphatic carbocycles. The van der Waals surface area contributed by atoms with Crippen LogP contribution in [-0.4, -0.2) is 30.2 Å². The number of rotatable bonds is 2. The molecule has 0 aromatic carbocycles. The first-order valence-electron chi connectivity index (χ1n) is 7.05. The van der Waals surface area contributed by atoms with Gasteiger partial charge in [0.05, 0.1) is 0 Å². The zero-order chi connectivity index (χ0) is 11.5. The lowest BCUT2D eigenvalue weighted by atomic mass is 9.79. The van der Waals surface area contributed by atoms with Gasteiger partial charge in [0.25, 0.3) is 0 Å². The molecule has 0 bridgehead atoms. The van der Waals surface area contributed by atoms with Gasteiger partial charge in [0.1, 0.15) is 6.17 Å². The summed E-state index contributed by atoms with van der Waals surface area (Å²) in [4.78, 5) is 2.55. The summed E-state index contributed by atoms with van der Waals surface area (Å²) in [6.45, 7) is 6.69. The minimum absolute atomic E-state index is 0.525. The van der Waals surface area contributed by atoms with Gasteiger partial charge in [-0.1, -0.05) is 13.8 Å². The Hall–Kier alpha value is -0.110. The monoisotopic (exact) mass is 227 g/mol. The van der Waals surface area contributed by atoms with Gasteiger partial charge in [-0.15, -0.1) is 0 Å². The van der Waals surface area contributed by atoms with Crippen molar-refractivity contribution < 1.29 is 4.39 Å². The Morgan fingerprint density at radius 2 is 1.50 bits per heavy atom. The summed E-state index contributed by atoms with van der Waals surface area (Å²) in [5.74, 6) is 1.78. The fourth-order valence-electron chi connectivity index (χ4n) is 3.37. The summed E-state index contributed by atoms with van der Waals surface area (Å²) in [6.07, 6.45) is 6.48. The smallest absolute Gasteiger partial charge is 0.103 e. The largest absolute Gasteiger partial charge is 0.300 e. The summed E-state index contributed by atoms with van der Waals surface area (Å²) in [5, 5.41) is 0. The molecular weight excluding hydrogens is 201 g/mol. The summed E-state index contributed by atoms with van der Waals surface area (Å²) >= 11 is 0. The molecule has 1 saturated carbocycles. The maximum absolute atomic E-state index is 13.1. The average Bonchev–Trinajstić information content (AvgIpc) is 2.30. The van der Waals surface area contributed by atoms with E-state index in [1.54, 1.807) is 0 Å². The number of piperidine rings is 1. The van der Waals surface area contributed by atoms with Crippen molar-refractivity contribution in [3.63, 3.8) is 0 Å². The highest BCUT2D eigenvalue weighted by molar-refractivity contribution is 4.83. The molecule has 2 aliphatic rings. The molecule has 0 amide bonds. The number of hydrogen-bond donors (Lipinski definition) is 0. The fraction of sp³-hybridized carbons (Fsp3) is 1.00. The number of alkyl halides is 1. The van der Waals surface area contributed by atoms with Gasteiger partial charge in [0.15, 0.2) is 0 Å². The second kappa shape index (κ2) is 5.48. The Labute approximate surface area is 99.4 Å². The lowest BCUT2D eigenvalue weighted by Gasteiger charge is -2.40.